The molecule has 24 heavy (non-hydrogen) atoms. The van der Waals surface area contributed by atoms with Crippen LogP contribution >= 0.6 is 0 Å². The summed E-state index contributed by atoms with van der Waals surface area (Å²) >= 11 is 0. The Balaban J connectivity index is 1.47. The fraction of sp³-hybridized carbons (Fsp3) is 0.444. The predicted octanol–water partition coefficient (Wildman–Crippen LogP) is 2.35. The Morgan fingerprint density at radius 3 is 3.00 bits per heavy atom. The Labute approximate surface area is 139 Å². The zero-order valence-electron chi connectivity index (χ0n) is 13.5. The number of benzene rings is 1. The summed E-state index contributed by atoms with van der Waals surface area (Å²) in [5.74, 6) is -0.100. The molecule has 126 valence electrons. The van der Waals surface area contributed by atoms with E-state index in [0.29, 0.717) is 24.3 Å². The molecular weight excluding hydrogens is 309 g/mol. The number of carbonyl (C=O) groups is 1. The Morgan fingerprint density at radius 1 is 1.42 bits per heavy atom. The maximum Gasteiger partial charge on any atom is 0.255 e. The first-order valence-corrected chi connectivity index (χ1v) is 8.30. The van der Waals surface area contributed by atoms with Crippen molar-refractivity contribution in [2.75, 3.05) is 13.2 Å². The van der Waals surface area contributed by atoms with Crippen molar-refractivity contribution in [3.8, 4) is 0 Å². The molecule has 1 N–H and O–H groups in total. The van der Waals surface area contributed by atoms with Gasteiger partial charge >= 0.3 is 0 Å². The van der Waals surface area contributed by atoms with Crippen LogP contribution < -0.4 is 5.32 Å². The van der Waals surface area contributed by atoms with Gasteiger partial charge in [0.15, 0.2) is 0 Å². The lowest BCUT2D eigenvalue weighted by Gasteiger charge is -2.08. The van der Waals surface area contributed by atoms with Gasteiger partial charge in [0.05, 0.1) is 17.9 Å². The summed E-state index contributed by atoms with van der Waals surface area (Å²) in [6.45, 7) is 1.32. The molecule has 1 saturated carbocycles. The van der Waals surface area contributed by atoms with Crippen LogP contribution in [-0.4, -0.2) is 34.9 Å². The van der Waals surface area contributed by atoms with E-state index in [1.807, 2.05) is 13.1 Å². The van der Waals surface area contributed by atoms with Crippen LogP contribution in [0.25, 0.3) is 0 Å². The highest BCUT2D eigenvalue weighted by atomic mass is 19.1. The highest BCUT2D eigenvalue weighted by Crippen LogP contribution is 2.42. The number of hydrogen-bond donors (Lipinski definition) is 1. The third-order valence-electron chi connectivity index (χ3n) is 4.83. The number of aryl methyl sites for hydroxylation is 1. The van der Waals surface area contributed by atoms with Gasteiger partial charge in [0, 0.05) is 37.7 Å². The molecule has 1 aromatic carbocycles. The largest absolute Gasteiger partial charge is 0.381 e. The van der Waals surface area contributed by atoms with Gasteiger partial charge in [-0.3, -0.25) is 9.48 Å². The summed E-state index contributed by atoms with van der Waals surface area (Å²) in [4.78, 5) is 12.6. The third-order valence-corrected chi connectivity index (χ3v) is 4.83. The average molecular weight is 329 g/mol. The number of carbonyl (C=O) groups excluding carboxylic acids is 1. The van der Waals surface area contributed by atoms with Crippen molar-refractivity contribution >= 4 is 5.91 Å². The molecule has 3 atom stereocenters. The molecule has 2 fully saturated rings. The van der Waals surface area contributed by atoms with E-state index in [-0.39, 0.29) is 29.6 Å². The van der Waals surface area contributed by atoms with E-state index < -0.39 is 0 Å². The molecule has 2 aromatic rings. The summed E-state index contributed by atoms with van der Waals surface area (Å²) in [5, 5.41) is 7.47. The maximum absolute atomic E-state index is 13.8. The summed E-state index contributed by atoms with van der Waals surface area (Å²) in [6, 6.07) is 6.75. The van der Waals surface area contributed by atoms with Crippen molar-refractivity contribution in [2.45, 2.75) is 30.7 Å². The summed E-state index contributed by atoms with van der Waals surface area (Å²) in [7, 11) is 1.81. The molecular formula is C18H20FN3O2. The highest BCUT2D eigenvalue weighted by Gasteiger charge is 2.41. The standard InChI is InChI=1S/C18H20FN3O2/c1-22-9-14(17(21-22)11-6-7-24-10-11)18(23)20-16-8-13(16)12-4-2-3-5-15(12)19/h2-5,9,11,13,16H,6-8,10H2,1H3,(H,20,23)/t11-,13+,16+/m0/s1. The van der Waals surface area contributed by atoms with Crippen LogP contribution in [0.15, 0.2) is 30.5 Å². The Morgan fingerprint density at radius 2 is 2.25 bits per heavy atom. The monoisotopic (exact) mass is 329 g/mol. The number of nitrogens with zero attached hydrogens (tertiary/aromatic N) is 2. The van der Waals surface area contributed by atoms with Gasteiger partial charge in [-0.1, -0.05) is 18.2 Å². The second kappa shape index (κ2) is 6.02. The molecule has 1 aliphatic carbocycles. The van der Waals surface area contributed by atoms with Crippen molar-refractivity contribution in [1.29, 1.82) is 0 Å². The second-order valence-corrected chi connectivity index (χ2v) is 6.61. The molecule has 1 saturated heterocycles. The summed E-state index contributed by atoms with van der Waals surface area (Å²) < 4.78 is 20.9. The molecule has 0 unspecified atom stereocenters. The normalized spacial score (nSPS) is 25.7. The first-order valence-electron chi connectivity index (χ1n) is 8.30. The van der Waals surface area contributed by atoms with Crippen LogP contribution in [-0.2, 0) is 11.8 Å². The number of nitrogens with one attached hydrogen (secondary N) is 1. The zero-order valence-corrected chi connectivity index (χ0v) is 13.5. The van der Waals surface area contributed by atoms with E-state index >= 15 is 0 Å². The van der Waals surface area contributed by atoms with Crippen molar-refractivity contribution in [1.82, 2.24) is 15.1 Å². The number of rotatable bonds is 4. The van der Waals surface area contributed by atoms with Crippen LogP contribution in [0.1, 0.15) is 46.3 Å². The fourth-order valence-corrected chi connectivity index (χ4v) is 3.45. The maximum atomic E-state index is 13.8. The smallest absolute Gasteiger partial charge is 0.255 e. The number of hydrogen-bond acceptors (Lipinski definition) is 3. The SMILES string of the molecule is Cn1cc(C(=O)N[C@@H]2C[C@@H]2c2ccccc2F)c([C@H]2CCOC2)n1. The predicted molar refractivity (Wildman–Crippen MR) is 86.4 cm³/mol. The van der Waals surface area contributed by atoms with E-state index in [1.54, 1.807) is 23.0 Å². The molecule has 5 nitrogen and oxygen atoms in total. The Hall–Kier alpha value is -2.21. The van der Waals surface area contributed by atoms with Crippen molar-refractivity contribution in [2.24, 2.45) is 7.05 Å². The van der Waals surface area contributed by atoms with Gasteiger partial charge in [-0.05, 0) is 24.5 Å². The third kappa shape index (κ3) is 2.82. The fourth-order valence-electron chi connectivity index (χ4n) is 3.45. The van der Waals surface area contributed by atoms with Gasteiger partial charge in [0.2, 0.25) is 0 Å². The number of halogens is 1. The van der Waals surface area contributed by atoms with Crippen molar-refractivity contribution in [3.63, 3.8) is 0 Å². The number of ether oxygens (including phenoxy) is 1. The van der Waals surface area contributed by atoms with Gasteiger partial charge in [0.1, 0.15) is 5.82 Å². The topological polar surface area (TPSA) is 56.2 Å². The van der Waals surface area contributed by atoms with Crippen molar-refractivity contribution < 1.29 is 13.9 Å². The molecule has 4 rings (SSSR count). The van der Waals surface area contributed by atoms with Crippen molar-refractivity contribution in [3.05, 3.63) is 53.1 Å². The lowest BCUT2D eigenvalue weighted by atomic mass is 10.0. The summed E-state index contributed by atoms with van der Waals surface area (Å²) in [5.41, 5.74) is 2.08. The van der Waals surface area contributed by atoms with E-state index in [1.165, 1.54) is 6.07 Å². The molecule has 1 aliphatic heterocycles. The van der Waals surface area contributed by atoms with Gasteiger partial charge < -0.3 is 10.1 Å². The Kier molecular flexibility index (Phi) is 3.84. The van der Waals surface area contributed by atoms with Gasteiger partial charge in [-0.15, -0.1) is 0 Å². The molecule has 1 aromatic heterocycles. The first kappa shape index (κ1) is 15.3. The lowest BCUT2D eigenvalue weighted by molar-refractivity contribution is 0.0948. The van der Waals surface area contributed by atoms with E-state index in [4.69, 9.17) is 4.74 Å². The molecule has 2 heterocycles. The quantitative estimate of drug-likeness (QED) is 0.937. The summed E-state index contributed by atoms with van der Waals surface area (Å²) in [6.07, 6.45) is 3.41. The van der Waals surface area contributed by atoms with Gasteiger partial charge in [-0.2, -0.15) is 5.10 Å². The minimum Gasteiger partial charge on any atom is -0.381 e. The van der Waals surface area contributed by atoms with Crippen LogP contribution in [0.2, 0.25) is 0 Å². The van der Waals surface area contributed by atoms with Gasteiger partial charge in [-0.25, -0.2) is 4.39 Å². The van der Waals surface area contributed by atoms with E-state index in [0.717, 1.165) is 18.5 Å². The highest BCUT2D eigenvalue weighted by molar-refractivity contribution is 5.95. The molecule has 0 bridgehead atoms. The number of amides is 1. The van der Waals surface area contributed by atoms with Crippen LogP contribution in [0, 0.1) is 5.82 Å². The zero-order chi connectivity index (χ0) is 16.7. The first-order chi connectivity index (χ1) is 11.6. The molecule has 2 aliphatic rings. The minimum atomic E-state index is -0.204. The molecule has 1 amide bonds. The van der Waals surface area contributed by atoms with Crippen LogP contribution in [0.4, 0.5) is 4.39 Å². The molecule has 6 heteroatoms. The lowest BCUT2D eigenvalue weighted by Crippen LogP contribution is -2.27. The number of aromatic nitrogens is 2. The molecule has 0 radical (unpaired) electrons. The van der Waals surface area contributed by atoms with Crippen LogP contribution in [0.5, 0.6) is 0 Å². The minimum absolute atomic E-state index is 0.0118. The Bertz CT molecular complexity index is 767. The average Bonchev–Trinajstić information content (AvgIpc) is 2.98. The second-order valence-electron chi connectivity index (χ2n) is 6.61. The molecule has 0 spiro atoms. The van der Waals surface area contributed by atoms with E-state index in [2.05, 4.69) is 10.4 Å². The van der Waals surface area contributed by atoms with E-state index in [9.17, 15) is 9.18 Å². The van der Waals surface area contributed by atoms with Gasteiger partial charge in [0.25, 0.3) is 5.91 Å². The van der Waals surface area contributed by atoms with Crippen LogP contribution in [0.3, 0.4) is 0 Å².